The normalized spacial score (nSPS) is 51.8. The van der Waals surface area contributed by atoms with Crippen LogP contribution >= 0.6 is 0 Å². The van der Waals surface area contributed by atoms with Crippen LogP contribution in [0.25, 0.3) is 0 Å². The Balaban J connectivity index is 1.85. The van der Waals surface area contributed by atoms with E-state index in [9.17, 15) is 5.11 Å². The number of aliphatic hydroxyl groups is 1. The molecule has 0 radical (unpaired) electrons. The zero-order valence-electron chi connectivity index (χ0n) is 11.5. The molecule has 0 aromatic carbocycles. The lowest BCUT2D eigenvalue weighted by Gasteiger charge is -2.47. The second-order valence-electron chi connectivity index (χ2n) is 6.48. The molecule has 0 unspecified atom stereocenters. The predicted molar refractivity (Wildman–Crippen MR) is 69.0 cm³/mol. The Kier molecular flexibility index (Phi) is 3.65. The van der Waals surface area contributed by atoms with Crippen LogP contribution in [0, 0.1) is 29.6 Å². The monoisotopic (exact) mass is 254 g/mol. The van der Waals surface area contributed by atoms with Gasteiger partial charge in [0.1, 0.15) is 0 Å². The van der Waals surface area contributed by atoms with E-state index < -0.39 is 0 Å². The van der Waals surface area contributed by atoms with Gasteiger partial charge in [0, 0.05) is 19.6 Å². The summed E-state index contributed by atoms with van der Waals surface area (Å²) in [7, 11) is 1.75. The van der Waals surface area contributed by atoms with E-state index in [-0.39, 0.29) is 12.4 Å². The molecule has 7 atom stereocenters. The van der Waals surface area contributed by atoms with Crippen molar-refractivity contribution in [1.29, 1.82) is 0 Å². The van der Waals surface area contributed by atoms with Crippen LogP contribution in [-0.4, -0.2) is 31.2 Å². The molecule has 0 aromatic rings. The Morgan fingerprint density at radius 3 is 2.72 bits per heavy atom. The average Bonchev–Trinajstić information content (AvgIpc) is 2.73. The summed E-state index contributed by atoms with van der Waals surface area (Å²) in [6.07, 6.45) is 6.80. The largest absolute Gasteiger partial charge is 0.396 e. The zero-order valence-corrected chi connectivity index (χ0v) is 11.5. The van der Waals surface area contributed by atoms with E-state index in [1.54, 1.807) is 7.11 Å². The minimum Gasteiger partial charge on any atom is -0.396 e. The van der Waals surface area contributed by atoms with Gasteiger partial charge in [-0.2, -0.15) is 0 Å². The SMILES string of the molecule is CO[C@@H]1O[C@H](C)[C@@H]2[C@H]1C[C@@H]1CCCC[C@H]1[C@@H]2CO. The minimum atomic E-state index is -0.0399. The summed E-state index contributed by atoms with van der Waals surface area (Å²) in [5.74, 6) is 2.96. The van der Waals surface area contributed by atoms with Crippen LogP contribution in [0.1, 0.15) is 39.0 Å². The molecule has 3 aliphatic rings. The van der Waals surface area contributed by atoms with Gasteiger partial charge in [0.2, 0.25) is 0 Å². The van der Waals surface area contributed by atoms with E-state index in [2.05, 4.69) is 6.92 Å². The minimum absolute atomic E-state index is 0.0399. The van der Waals surface area contributed by atoms with Gasteiger partial charge in [-0.15, -0.1) is 0 Å². The van der Waals surface area contributed by atoms with E-state index >= 15 is 0 Å². The Bertz CT molecular complexity index is 293. The van der Waals surface area contributed by atoms with Crippen molar-refractivity contribution in [3.05, 3.63) is 0 Å². The molecule has 0 bridgehead atoms. The van der Waals surface area contributed by atoms with Gasteiger partial charge in [-0.3, -0.25) is 0 Å². The quantitative estimate of drug-likeness (QED) is 0.822. The topological polar surface area (TPSA) is 38.7 Å². The van der Waals surface area contributed by atoms with Crippen LogP contribution < -0.4 is 0 Å². The van der Waals surface area contributed by atoms with Crippen molar-refractivity contribution in [2.45, 2.75) is 51.4 Å². The number of methoxy groups -OCH3 is 1. The van der Waals surface area contributed by atoms with Gasteiger partial charge in [-0.25, -0.2) is 0 Å². The number of aliphatic hydroxyl groups excluding tert-OH is 1. The lowest BCUT2D eigenvalue weighted by Crippen LogP contribution is -2.45. The van der Waals surface area contributed by atoms with Crippen molar-refractivity contribution < 1.29 is 14.6 Å². The molecular weight excluding hydrogens is 228 g/mol. The molecule has 1 heterocycles. The molecule has 2 aliphatic carbocycles. The average molecular weight is 254 g/mol. The van der Waals surface area contributed by atoms with Crippen molar-refractivity contribution in [3.63, 3.8) is 0 Å². The lowest BCUT2D eigenvalue weighted by molar-refractivity contribution is -0.132. The maximum absolute atomic E-state index is 9.86. The molecule has 3 rings (SSSR count). The molecule has 2 saturated carbocycles. The second-order valence-corrected chi connectivity index (χ2v) is 6.48. The van der Waals surface area contributed by atoms with E-state index in [1.807, 2.05) is 0 Å². The van der Waals surface area contributed by atoms with Gasteiger partial charge in [0.05, 0.1) is 6.10 Å². The molecule has 0 amide bonds. The highest BCUT2D eigenvalue weighted by Crippen LogP contribution is 2.54. The standard InChI is InChI=1S/C15H26O3/c1-9-14-12(15(17-2)18-9)7-10-5-3-4-6-11(10)13(14)8-16/h9-16H,3-8H2,1-2H3/t9-,10+,11-,12-,13+,14-,15-/m1/s1. The summed E-state index contributed by atoms with van der Waals surface area (Å²) >= 11 is 0. The molecule has 3 fully saturated rings. The van der Waals surface area contributed by atoms with Crippen molar-refractivity contribution in [1.82, 2.24) is 0 Å². The van der Waals surface area contributed by atoms with Gasteiger partial charge in [-0.1, -0.05) is 19.3 Å². The Labute approximate surface area is 110 Å². The molecule has 18 heavy (non-hydrogen) atoms. The van der Waals surface area contributed by atoms with E-state index in [4.69, 9.17) is 9.47 Å². The highest BCUT2D eigenvalue weighted by atomic mass is 16.7. The zero-order chi connectivity index (χ0) is 12.7. The summed E-state index contributed by atoms with van der Waals surface area (Å²) in [5, 5.41) is 9.86. The summed E-state index contributed by atoms with van der Waals surface area (Å²) in [5.41, 5.74) is 0. The Morgan fingerprint density at radius 2 is 2.00 bits per heavy atom. The molecule has 1 N–H and O–H groups in total. The highest BCUT2D eigenvalue weighted by Gasteiger charge is 2.53. The lowest BCUT2D eigenvalue weighted by atomic mass is 9.57. The predicted octanol–water partition coefficient (Wildman–Crippen LogP) is 2.43. The first kappa shape index (κ1) is 12.9. The maximum Gasteiger partial charge on any atom is 0.160 e. The fourth-order valence-electron chi connectivity index (χ4n) is 5.08. The van der Waals surface area contributed by atoms with Gasteiger partial charge >= 0.3 is 0 Å². The first-order valence-corrected chi connectivity index (χ1v) is 7.55. The summed E-state index contributed by atoms with van der Waals surface area (Å²) in [6.45, 7) is 2.48. The van der Waals surface area contributed by atoms with Crippen molar-refractivity contribution in [2.24, 2.45) is 29.6 Å². The smallest absolute Gasteiger partial charge is 0.160 e. The molecule has 3 heteroatoms. The number of hydrogen-bond donors (Lipinski definition) is 1. The van der Waals surface area contributed by atoms with Gasteiger partial charge in [0.25, 0.3) is 0 Å². The van der Waals surface area contributed by atoms with Gasteiger partial charge < -0.3 is 14.6 Å². The fraction of sp³-hybridized carbons (Fsp3) is 1.00. The van der Waals surface area contributed by atoms with Crippen LogP contribution in [-0.2, 0) is 9.47 Å². The highest BCUT2D eigenvalue weighted by molar-refractivity contribution is 4.99. The summed E-state index contributed by atoms with van der Waals surface area (Å²) in [6, 6.07) is 0. The number of fused-ring (bicyclic) bond motifs is 2. The van der Waals surface area contributed by atoms with Crippen LogP contribution in [0.5, 0.6) is 0 Å². The first-order valence-electron chi connectivity index (χ1n) is 7.55. The van der Waals surface area contributed by atoms with E-state index in [0.29, 0.717) is 24.4 Å². The fourth-order valence-corrected chi connectivity index (χ4v) is 5.08. The molecule has 0 aromatic heterocycles. The van der Waals surface area contributed by atoms with Gasteiger partial charge in [-0.05, 0) is 43.4 Å². The number of hydrogen-bond acceptors (Lipinski definition) is 3. The van der Waals surface area contributed by atoms with E-state index in [0.717, 1.165) is 11.8 Å². The summed E-state index contributed by atoms with van der Waals surface area (Å²) in [4.78, 5) is 0. The Hall–Kier alpha value is -0.120. The molecular formula is C15H26O3. The van der Waals surface area contributed by atoms with Crippen molar-refractivity contribution >= 4 is 0 Å². The third-order valence-corrected chi connectivity index (χ3v) is 5.77. The van der Waals surface area contributed by atoms with Crippen LogP contribution in [0.3, 0.4) is 0 Å². The van der Waals surface area contributed by atoms with E-state index in [1.165, 1.54) is 32.1 Å². The summed E-state index contributed by atoms with van der Waals surface area (Å²) < 4.78 is 11.5. The van der Waals surface area contributed by atoms with Crippen LogP contribution in [0.4, 0.5) is 0 Å². The third kappa shape index (κ3) is 1.91. The Morgan fingerprint density at radius 1 is 1.22 bits per heavy atom. The molecule has 0 spiro atoms. The second kappa shape index (κ2) is 5.10. The third-order valence-electron chi connectivity index (χ3n) is 5.77. The number of rotatable bonds is 2. The molecule has 104 valence electrons. The van der Waals surface area contributed by atoms with Crippen molar-refractivity contribution in [3.8, 4) is 0 Å². The molecule has 1 aliphatic heterocycles. The van der Waals surface area contributed by atoms with Crippen LogP contribution in [0.15, 0.2) is 0 Å². The van der Waals surface area contributed by atoms with Crippen molar-refractivity contribution in [2.75, 3.05) is 13.7 Å². The van der Waals surface area contributed by atoms with Crippen LogP contribution in [0.2, 0.25) is 0 Å². The molecule has 1 saturated heterocycles. The molecule has 3 nitrogen and oxygen atoms in total. The number of ether oxygens (including phenoxy) is 2. The first-order chi connectivity index (χ1) is 8.76. The van der Waals surface area contributed by atoms with Gasteiger partial charge in [0.15, 0.2) is 6.29 Å². The maximum atomic E-state index is 9.86.